The van der Waals surface area contributed by atoms with Crippen molar-refractivity contribution in [2.75, 3.05) is 32.7 Å². The number of Topliss-reactive ketones (excluding diaryl/α,β-unsaturated/α-hetero) is 1. The van der Waals surface area contributed by atoms with E-state index in [9.17, 15) is 9.59 Å². The van der Waals surface area contributed by atoms with E-state index >= 15 is 0 Å². The molecule has 0 aromatic rings. The highest BCUT2D eigenvalue weighted by atomic mass is 16.2. The Morgan fingerprint density at radius 2 is 1.53 bits per heavy atom. The van der Waals surface area contributed by atoms with Crippen molar-refractivity contribution in [3.05, 3.63) is 0 Å². The third kappa shape index (κ3) is 3.80. The first kappa shape index (κ1) is 12.6. The Kier molecular flexibility index (Phi) is 4.54. The zero-order chi connectivity index (χ0) is 12.1. The predicted octanol–water partition coefficient (Wildman–Crippen LogP) is 1.05. The number of carbonyl (C=O) groups excluding carboxylic acids is 2. The maximum atomic E-state index is 12.1. The number of hydrogen-bond donors (Lipinski definition) is 0. The summed E-state index contributed by atoms with van der Waals surface area (Å²) in [4.78, 5) is 27.3. The van der Waals surface area contributed by atoms with Gasteiger partial charge in [-0.1, -0.05) is 12.8 Å². The molecule has 0 saturated carbocycles. The van der Waals surface area contributed by atoms with Crippen LogP contribution in [0.3, 0.4) is 0 Å². The summed E-state index contributed by atoms with van der Waals surface area (Å²) in [5.41, 5.74) is 0. The first-order valence-corrected chi connectivity index (χ1v) is 6.77. The van der Waals surface area contributed by atoms with Gasteiger partial charge in [0.15, 0.2) is 0 Å². The molecule has 96 valence electrons. The monoisotopic (exact) mass is 238 g/mol. The molecule has 4 heteroatoms. The minimum absolute atomic E-state index is 0.208. The van der Waals surface area contributed by atoms with Crippen molar-refractivity contribution < 1.29 is 9.59 Å². The van der Waals surface area contributed by atoms with Crippen LogP contribution in [-0.4, -0.2) is 54.2 Å². The number of ketones is 1. The summed E-state index contributed by atoms with van der Waals surface area (Å²) in [5.74, 6) is 0.503. The second-order valence-corrected chi connectivity index (χ2v) is 5.11. The standard InChI is InChI=1S/C13H22N2O2/c16-12-5-9-15(10-6-12)13(17)11-14-7-3-1-2-4-8-14/h1-11H2. The smallest absolute Gasteiger partial charge is 0.236 e. The number of piperidine rings is 1. The van der Waals surface area contributed by atoms with Gasteiger partial charge in [0.2, 0.25) is 5.91 Å². The molecule has 0 spiro atoms. The Balaban J connectivity index is 1.77. The lowest BCUT2D eigenvalue weighted by Gasteiger charge is -2.29. The molecular formula is C13H22N2O2. The molecule has 2 aliphatic heterocycles. The van der Waals surface area contributed by atoms with Crippen LogP contribution in [0.5, 0.6) is 0 Å². The van der Waals surface area contributed by atoms with E-state index < -0.39 is 0 Å². The summed E-state index contributed by atoms with van der Waals surface area (Å²) in [6.45, 7) is 3.92. The minimum atomic E-state index is 0.208. The normalized spacial score (nSPS) is 23.5. The molecule has 0 unspecified atom stereocenters. The van der Waals surface area contributed by atoms with E-state index in [1.807, 2.05) is 4.90 Å². The lowest BCUT2D eigenvalue weighted by Crippen LogP contribution is -2.44. The van der Waals surface area contributed by atoms with Gasteiger partial charge >= 0.3 is 0 Å². The molecule has 0 aliphatic carbocycles. The van der Waals surface area contributed by atoms with Gasteiger partial charge in [0.25, 0.3) is 0 Å². The molecule has 2 rings (SSSR count). The van der Waals surface area contributed by atoms with Gasteiger partial charge < -0.3 is 4.90 Å². The molecular weight excluding hydrogens is 216 g/mol. The number of nitrogens with zero attached hydrogens (tertiary/aromatic N) is 2. The van der Waals surface area contributed by atoms with Crippen LogP contribution >= 0.6 is 0 Å². The van der Waals surface area contributed by atoms with Crippen LogP contribution in [0.4, 0.5) is 0 Å². The second kappa shape index (κ2) is 6.15. The van der Waals surface area contributed by atoms with Crippen molar-refractivity contribution in [3.63, 3.8) is 0 Å². The van der Waals surface area contributed by atoms with Gasteiger partial charge in [-0.05, 0) is 25.9 Å². The summed E-state index contributed by atoms with van der Waals surface area (Å²) < 4.78 is 0. The average Bonchev–Trinajstić information content (AvgIpc) is 2.58. The maximum Gasteiger partial charge on any atom is 0.236 e. The fourth-order valence-corrected chi connectivity index (χ4v) is 2.59. The van der Waals surface area contributed by atoms with Crippen LogP contribution in [0.2, 0.25) is 0 Å². The van der Waals surface area contributed by atoms with Crippen LogP contribution in [0.1, 0.15) is 38.5 Å². The van der Waals surface area contributed by atoms with E-state index in [0.717, 1.165) is 13.1 Å². The SMILES string of the molecule is O=C1CCN(C(=O)CN2CCCCCC2)CC1. The summed E-state index contributed by atoms with van der Waals surface area (Å²) >= 11 is 0. The van der Waals surface area contributed by atoms with Gasteiger partial charge in [-0.15, -0.1) is 0 Å². The Morgan fingerprint density at radius 1 is 0.941 bits per heavy atom. The van der Waals surface area contributed by atoms with E-state index in [1.54, 1.807) is 0 Å². The van der Waals surface area contributed by atoms with Crippen LogP contribution in [0, 0.1) is 0 Å². The van der Waals surface area contributed by atoms with Gasteiger partial charge in [0, 0.05) is 25.9 Å². The molecule has 0 atom stereocenters. The largest absolute Gasteiger partial charge is 0.341 e. The molecule has 2 saturated heterocycles. The Labute approximate surface area is 103 Å². The number of hydrogen-bond acceptors (Lipinski definition) is 3. The fourth-order valence-electron chi connectivity index (χ4n) is 2.59. The molecule has 1 amide bonds. The highest BCUT2D eigenvalue weighted by Gasteiger charge is 2.22. The molecule has 0 aromatic carbocycles. The molecule has 0 aromatic heterocycles. The Bertz CT molecular complexity index is 273. The van der Waals surface area contributed by atoms with Crippen molar-refractivity contribution in [1.29, 1.82) is 0 Å². The maximum absolute atomic E-state index is 12.1. The molecule has 2 heterocycles. The molecule has 4 nitrogen and oxygen atoms in total. The number of rotatable bonds is 2. The third-order valence-corrected chi connectivity index (χ3v) is 3.73. The zero-order valence-electron chi connectivity index (χ0n) is 10.5. The van der Waals surface area contributed by atoms with Crippen LogP contribution < -0.4 is 0 Å². The van der Waals surface area contributed by atoms with Crippen molar-refractivity contribution in [1.82, 2.24) is 9.80 Å². The Morgan fingerprint density at radius 3 is 2.12 bits per heavy atom. The van der Waals surface area contributed by atoms with Crippen molar-refractivity contribution in [2.24, 2.45) is 0 Å². The molecule has 0 bridgehead atoms. The molecule has 17 heavy (non-hydrogen) atoms. The van der Waals surface area contributed by atoms with E-state index in [4.69, 9.17) is 0 Å². The van der Waals surface area contributed by atoms with Crippen molar-refractivity contribution >= 4 is 11.7 Å². The second-order valence-electron chi connectivity index (χ2n) is 5.11. The van der Waals surface area contributed by atoms with Gasteiger partial charge in [0.1, 0.15) is 5.78 Å². The summed E-state index contributed by atoms with van der Waals surface area (Å²) in [6, 6.07) is 0. The van der Waals surface area contributed by atoms with E-state index in [-0.39, 0.29) is 5.91 Å². The first-order chi connectivity index (χ1) is 8.25. The van der Waals surface area contributed by atoms with Gasteiger partial charge in [0.05, 0.1) is 6.54 Å². The van der Waals surface area contributed by atoms with Crippen LogP contribution in [0.25, 0.3) is 0 Å². The number of likely N-dealkylation sites (tertiary alicyclic amines) is 2. The van der Waals surface area contributed by atoms with Crippen LogP contribution in [-0.2, 0) is 9.59 Å². The third-order valence-electron chi connectivity index (χ3n) is 3.73. The highest BCUT2D eigenvalue weighted by Crippen LogP contribution is 2.11. The fraction of sp³-hybridized carbons (Fsp3) is 0.846. The Hall–Kier alpha value is -0.900. The summed E-state index contributed by atoms with van der Waals surface area (Å²) in [7, 11) is 0. The number of amides is 1. The first-order valence-electron chi connectivity index (χ1n) is 6.77. The number of carbonyl (C=O) groups is 2. The quantitative estimate of drug-likeness (QED) is 0.722. The predicted molar refractivity (Wildman–Crippen MR) is 65.7 cm³/mol. The molecule has 0 radical (unpaired) electrons. The lowest BCUT2D eigenvalue weighted by atomic mass is 10.1. The molecule has 0 N–H and O–H groups in total. The van der Waals surface area contributed by atoms with Gasteiger partial charge in [-0.3, -0.25) is 14.5 Å². The zero-order valence-corrected chi connectivity index (χ0v) is 10.5. The minimum Gasteiger partial charge on any atom is -0.341 e. The van der Waals surface area contributed by atoms with Gasteiger partial charge in [-0.25, -0.2) is 0 Å². The van der Waals surface area contributed by atoms with Gasteiger partial charge in [-0.2, -0.15) is 0 Å². The van der Waals surface area contributed by atoms with Crippen molar-refractivity contribution in [2.45, 2.75) is 38.5 Å². The van der Waals surface area contributed by atoms with Crippen LogP contribution in [0.15, 0.2) is 0 Å². The molecule has 2 aliphatic rings. The highest BCUT2D eigenvalue weighted by molar-refractivity contribution is 5.84. The van der Waals surface area contributed by atoms with E-state index in [2.05, 4.69) is 4.90 Å². The topological polar surface area (TPSA) is 40.6 Å². The average molecular weight is 238 g/mol. The summed E-state index contributed by atoms with van der Waals surface area (Å²) in [6.07, 6.45) is 6.11. The van der Waals surface area contributed by atoms with E-state index in [1.165, 1.54) is 25.7 Å². The summed E-state index contributed by atoms with van der Waals surface area (Å²) in [5, 5.41) is 0. The lowest BCUT2D eigenvalue weighted by molar-refractivity contribution is -0.135. The van der Waals surface area contributed by atoms with E-state index in [0.29, 0.717) is 38.3 Å². The van der Waals surface area contributed by atoms with Crippen molar-refractivity contribution in [3.8, 4) is 0 Å². The molecule has 2 fully saturated rings.